The average molecular weight is 338 g/mol. The maximum absolute atomic E-state index is 11.5. The van der Waals surface area contributed by atoms with Crippen LogP contribution in [0, 0.1) is 0 Å². The second-order valence-corrected chi connectivity index (χ2v) is 5.85. The maximum atomic E-state index is 11.5. The summed E-state index contributed by atoms with van der Waals surface area (Å²) in [5.41, 5.74) is 8.76. The fraction of sp³-hybridized carbons (Fsp3) is 0.263. The molecule has 1 unspecified atom stereocenters. The first-order valence-corrected chi connectivity index (χ1v) is 8.26. The van der Waals surface area contributed by atoms with Crippen molar-refractivity contribution in [1.29, 1.82) is 0 Å². The molecule has 0 radical (unpaired) electrons. The molecule has 4 N–H and O–H groups in total. The molecule has 6 nitrogen and oxygen atoms in total. The molecule has 1 aliphatic rings. The number of hydrogen-bond acceptors (Lipinski definition) is 3. The molecule has 25 heavy (non-hydrogen) atoms. The van der Waals surface area contributed by atoms with Crippen molar-refractivity contribution in [2.75, 3.05) is 13.7 Å². The number of amides is 1. The molecule has 0 spiro atoms. The molecular weight excluding hydrogens is 316 g/mol. The van der Waals surface area contributed by atoms with Gasteiger partial charge in [0.2, 0.25) is 0 Å². The lowest BCUT2D eigenvalue weighted by molar-refractivity contribution is 0.0963. The minimum atomic E-state index is -0.102. The minimum absolute atomic E-state index is 0.101. The first-order valence-electron chi connectivity index (χ1n) is 8.26. The van der Waals surface area contributed by atoms with Crippen LogP contribution < -0.4 is 21.1 Å². The van der Waals surface area contributed by atoms with Crippen LogP contribution in [0.1, 0.15) is 33.9 Å². The number of aliphatic imine (C=N–C) groups is 1. The van der Waals surface area contributed by atoms with Crippen molar-refractivity contribution >= 4 is 11.9 Å². The SMILES string of the molecule is CNC(=O)c1ccc(CN=C(N)NC2CCOc3ccccc32)cc1. The van der Waals surface area contributed by atoms with Crippen LogP contribution in [0.25, 0.3) is 0 Å². The van der Waals surface area contributed by atoms with Gasteiger partial charge in [-0.05, 0) is 23.8 Å². The normalized spacial score (nSPS) is 16.5. The quantitative estimate of drug-likeness (QED) is 0.587. The third kappa shape index (κ3) is 4.09. The largest absolute Gasteiger partial charge is 0.493 e. The van der Waals surface area contributed by atoms with Crippen molar-refractivity contribution in [3.05, 3.63) is 65.2 Å². The Morgan fingerprint density at radius 3 is 2.76 bits per heavy atom. The van der Waals surface area contributed by atoms with Crippen molar-refractivity contribution in [2.24, 2.45) is 10.7 Å². The van der Waals surface area contributed by atoms with E-state index in [1.54, 1.807) is 19.2 Å². The van der Waals surface area contributed by atoms with E-state index in [-0.39, 0.29) is 11.9 Å². The number of ether oxygens (including phenoxy) is 1. The van der Waals surface area contributed by atoms with Crippen molar-refractivity contribution in [2.45, 2.75) is 19.0 Å². The average Bonchev–Trinajstić information content (AvgIpc) is 2.66. The summed E-state index contributed by atoms with van der Waals surface area (Å²) in [6.45, 7) is 1.11. The third-order valence-electron chi connectivity index (χ3n) is 4.16. The van der Waals surface area contributed by atoms with Crippen LogP contribution in [0.3, 0.4) is 0 Å². The van der Waals surface area contributed by atoms with Crippen LogP contribution in [0.5, 0.6) is 5.75 Å². The smallest absolute Gasteiger partial charge is 0.251 e. The van der Waals surface area contributed by atoms with Crippen LogP contribution in [-0.2, 0) is 6.54 Å². The summed E-state index contributed by atoms with van der Waals surface area (Å²) in [5, 5.41) is 5.87. The number of guanidine groups is 1. The van der Waals surface area contributed by atoms with Gasteiger partial charge < -0.3 is 21.1 Å². The fourth-order valence-electron chi connectivity index (χ4n) is 2.80. The van der Waals surface area contributed by atoms with Gasteiger partial charge in [-0.15, -0.1) is 0 Å². The summed E-state index contributed by atoms with van der Waals surface area (Å²) in [4.78, 5) is 15.9. The maximum Gasteiger partial charge on any atom is 0.251 e. The monoisotopic (exact) mass is 338 g/mol. The fourth-order valence-corrected chi connectivity index (χ4v) is 2.80. The lowest BCUT2D eigenvalue weighted by atomic mass is 10.0. The zero-order valence-corrected chi connectivity index (χ0v) is 14.2. The number of carbonyl (C=O) groups is 1. The van der Waals surface area contributed by atoms with E-state index in [4.69, 9.17) is 10.5 Å². The molecule has 1 heterocycles. The molecule has 1 aliphatic heterocycles. The molecule has 0 aliphatic carbocycles. The second kappa shape index (κ2) is 7.70. The van der Waals surface area contributed by atoms with Crippen LogP contribution in [0.4, 0.5) is 0 Å². The van der Waals surface area contributed by atoms with Gasteiger partial charge >= 0.3 is 0 Å². The molecule has 0 bridgehead atoms. The zero-order valence-electron chi connectivity index (χ0n) is 14.2. The highest BCUT2D eigenvalue weighted by Crippen LogP contribution is 2.31. The lowest BCUT2D eigenvalue weighted by Gasteiger charge is -2.26. The predicted molar refractivity (Wildman–Crippen MR) is 97.6 cm³/mol. The Morgan fingerprint density at radius 2 is 2.00 bits per heavy atom. The van der Waals surface area contributed by atoms with E-state index in [1.165, 1.54) is 0 Å². The molecule has 1 atom stereocenters. The zero-order chi connectivity index (χ0) is 17.6. The molecule has 0 saturated heterocycles. The first kappa shape index (κ1) is 16.8. The van der Waals surface area contributed by atoms with Crippen LogP contribution in [0.15, 0.2) is 53.5 Å². The minimum Gasteiger partial charge on any atom is -0.493 e. The van der Waals surface area contributed by atoms with Crippen molar-refractivity contribution in [1.82, 2.24) is 10.6 Å². The van der Waals surface area contributed by atoms with Crippen molar-refractivity contribution in [3.63, 3.8) is 0 Å². The molecule has 6 heteroatoms. The lowest BCUT2D eigenvalue weighted by Crippen LogP contribution is -2.37. The molecule has 2 aromatic rings. The van der Waals surface area contributed by atoms with Gasteiger partial charge in [-0.2, -0.15) is 0 Å². The number of hydrogen-bond donors (Lipinski definition) is 3. The van der Waals surface area contributed by atoms with Crippen molar-refractivity contribution < 1.29 is 9.53 Å². The summed E-state index contributed by atoms with van der Waals surface area (Å²) in [7, 11) is 1.61. The van der Waals surface area contributed by atoms with E-state index >= 15 is 0 Å². The highest BCUT2D eigenvalue weighted by molar-refractivity contribution is 5.93. The molecule has 130 valence electrons. The Kier molecular flexibility index (Phi) is 5.18. The van der Waals surface area contributed by atoms with Gasteiger partial charge in [0.05, 0.1) is 19.2 Å². The molecule has 2 aromatic carbocycles. The van der Waals surface area contributed by atoms with E-state index in [0.717, 1.165) is 23.3 Å². The second-order valence-electron chi connectivity index (χ2n) is 5.85. The van der Waals surface area contributed by atoms with E-state index in [2.05, 4.69) is 15.6 Å². The number of nitrogens with two attached hydrogens (primary N) is 1. The standard InChI is InChI=1S/C19H22N4O2/c1-21-18(24)14-8-6-13(7-9-14)12-22-19(20)23-16-10-11-25-17-5-3-2-4-15(16)17/h2-9,16H,10-12H2,1H3,(H,21,24)(H3,20,22,23). The highest BCUT2D eigenvalue weighted by Gasteiger charge is 2.21. The van der Waals surface area contributed by atoms with Gasteiger partial charge in [-0.25, -0.2) is 4.99 Å². The number of benzene rings is 2. The summed E-state index contributed by atoms with van der Waals surface area (Å²) in [6.07, 6.45) is 0.841. The molecule has 0 saturated carbocycles. The summed E-state index contributed by atoms with van der Waals surface area (Å²) in [6, 6.07) is 15.4. The van der Waals surface area contributed by atoms with E-state index < -0.39 is 0 Å². The van der Waals surface area contributed by atoms with Crippen LogP contribution >= 0.6 is 0 Å². The summed E-state index contributed by atoms with van der Waals surface area (Å²) >= 11 is 0. The number of para-hydroxylation sites is 1. The van der Waals surface area contributed by atoms with Gasteiger partial charge in [-0.3, -0.25) is 4.79 Å². The summed E-state index contributed by atoms with van der Waals surface area (Å²) in [5.74, 6) is 1.19. The topological polar surface area (TPSA) is 88.7 Å². The molecule has 1 amide bonds. The predicted octanol–water partition coefficient (Wildman–Crippen LogP) is 1.97. The Balaban J connectivity index is 1.62. The number of nitrogens with one attached hydrogen (secondary N) is 2. The van der Waals surface area contributed by atoms with Gasteiger partial charge in [0, 0.05) is 24.6 Å². The van der Waals surface area contributed by atoms with Gasteiger partial charge in [0.15, 0.2) is 5.96 Å². The Hall–Kier alpha value is -3.02. The van der Waals surface area contributed by atoms with E-state index in [0.29, 0.717) is 24.7 Å². The summed E-state index contributed by atoms with van der Waals surface area (Å²) < 4.78 is 5.65. The number of fused-ring (bicyclic) bond motifs is 1. The van der Waals surface area contributed by atoms with Crippen LogP contribution in [-0.4, -0.2) is 25.5 Å². The molecular formula is C19H22N4O2. The van der Waals surface area contributed by atoms with Gasteiger partial charge in [-0.1, -0.05) is 30.3 Å². The van der Waals surface area contributed by atoms with Gasteiger partial charge in [0.25, 0.3) is 5.91 Å². The van der Waals surface area contributed by atoms with E-state index in [1.807, 2.05) is 36.4 Å². The number of rotatable bonds is 4. The first-order chi connectivity index (χ1) is 12.2. The number of carbonyl (C=O) groups excluding carboxylic acids is 1. The van der Waals surface area contributed by atoms with Crippen LogP contribution in [0.2, 0.25) is 0 Å². The van der Waals surface area contributed by atoms with Gasteiger partial charge in [0.1, 0.15) is 5.75 Å². The van der Waals surface area contributed by atoms with Crippen molar-refractivity contribution in [3.8, 4) is 5.75 Å². The number of nitrogens with zero attached hydrogens (tertiary/aromatic N) is 1. The Labute approximate surface area is 147 Å². The Morgan fingerprint density at radius 1 is 1.24 bits per heavy atom. The highest BCUT2D eigenvalue weighted by atomic mass is 16.5. The van der Waals surface area contributed by atoms with E-state index in [9.17, 15) is 4.79 Å². The third-order valence-corrected chi connectivity index (χ3v) is 4.16. The molecule has 3 rings (SSSR count). The molecule has 0 aromatic heterocycles. The molecule has 0 fully saturated rings. The Bertz CT molecular complexity index is 771.